The van der Waals surface area contributed by atoms with Gasteiger partial charge < -0.3 is 4.74 Å². The van der Waals surface area contributed by atoms with E-state index in [0.717, 1.165) is 42.3 Å². The Kier molecular flexibility index (Phi) is 9.02. The number of fused-ring (bicyclic) bond motifs is 1. The van der Waals surface area contributed by atoms with E-state index in [1.165, 1.54) is 12.1 Å². The van der Waals surface area contributed by atoms with Gasteiger partial charge in [0.05, 0.1) is 6.61 Å². The zero-order chi connectivity index (χ0) is 27.1. The van der Waals surface area contributed by atoms with Crippen LogP contribution in [-0.2, 0) is 25.7 Å². The Morgan fingerprint density at radius 1 is 0.711 bits per heavy atom. The van der Waals surface area contributed by atoms with Crippen molar-refractivity contribution in [3.63, 3.8) is 0 Å². The highest BCUT2D eigenvalue weighted by Gasteiger charge is 2.13. The minimum atomic E-state index is -0.916. The SMILES string of the molecule is CCCCCOc1ccc(CCc2ccc3c(F)c(CCc4cc(F)c(C#N)c(F)c4)ccc3c2)c(F)c1. The summed E-state index contributed by atoms with van der Waals surface area (Å²) in [5, 5.41) is 10.00. The number of aryl methyl sites for hydroxylation is 4. The molecular formula is C32H29F4NO. The summed E-state index contributed by atoms with van der Waals surface area (Å²) < 4.78 is 63.1. The molecule has 6 heteroatoms. The van der Waals surface area contributed by atoms with Crippen LogP contribution in [0.1, 0.15) is 54.0 Å². The van der Waals surface area contributed by atoms with Gasteiger partial charge in [-0.1, -0.05) is 56.2 Å². The van der Waals surface area contributed by atoms with Crippen LogP contribution >= 0.6 is 0 Å². The molecule has 196 valence electrons. The molecule has 0 saturated heterocycles. The van der Waals surface area contributed by atoms with Crippen molar-refractivity contribution >= 4 is 10.8 Å². The van der Waals surface area contributed by atoms with E-state index >= 15 is 4.39 Å². The van der Waals surface area contributed by atoms with Gasteiger partial charge in [0.25, 0.3) is 0 Å². The molecule has 0 N–H and O–H groups in total. The number of hydrogen-bond donors (Lipinski definition) is 0. The van der Waals surface area contributed by atoms with Crippen molar-refractivity contribution in [2.24, 2.45) is 0 Å². The fraction of sp³-hybridized carbons (Fsp3) is 0.281. The first-order valence-corrected chi connectivity index (χ1v) is 12.9. The first-order valence-electron chi connectivity index (χ1n) is 12.9. The molecule has 0 aromatic heterocycles. The van der Waals surface area contributed by atoms with Gasteiger partial charge in [0.1, 0.15) is 40.7 Å². The summed E-state index contributed by atoms with van der Waals surface area (Å²) in [7, 11) is 0. The van der Waals surface area contributed by atoms with E-state index in [9.17, 15) is 13.2 Å². The van der Waals surface area contributed by atoms with Crippen LogP contribution in [0.4, 0.5) is 17.6 Å². The zero-order valence-electron chi connectivity index (χ0n) is 21.3. The van der Waals surface area contributed by atoms with Crippen LogP contribution in [0.15, 0.2) is 60.7 Å². The smallest absolute Gasteiger partial charge is 0.144 e. The third-order valence-corrected chi connectivity index (χ3v) is 6.72. The van der Waals surface area contributed by atoms with Crippen LogP contribution in [0.5, 0.6) is 5.75 Å². The monoisotopic (exact) mass is 519 g/mol. The van der Waals surface area contributed by atoms with Gasteiger partial charge in [0.2, 0.25) is 0 Å². The van der Waals surface area contributed by atoms with E-state index < -0.39 is 17.2 Å². The zero-order valence-corrected chi connectivity index (χ0v) is 21.3. The lowest BCUT2D eigenvalue weighted by Crippen LogP contribution is -2.00. The van der Waals surface area contributed by atoms with Crippen LogP contribution < -0.4 is 4.74 Å². The van der Waals surface area contributed by atoms with Crippen molar-refractivity contribution in [2.45, 2.75) is 51.9 Å². The molecule has 0 aliphatic heterocycles. The maximum atomic E-state index is 15.2. The average Bonchev–Trinajstić information content (AvgIpc) is 2.90. The highest BCUT2D eigenvalue weighted by molar-refractivity contribution is 5.84. The minimum Gasteiger partial charge on any atom is -0.493 e. The Morgan fingerprint density at radius 2 is 1.42 bits per heavy atom. The molecule has 0 atom stereocenters. The first kappa shape index (κ1) is 27.2. The first-order chi connectivity index (χ1) is 18.4. The minimum absolute atomic E-state index is 0.230. The molecule has 0 aliphatic rings. The summed E-state index contributed by atoms with van der Waals surface area (Å²) in [6.07, 6.45) is 4.72. The van der Waals surface area contributed by atoms with Gasteiger partial charge >= 0.3 is 0 Å². The maximum absolute atomic E-state index is 15.2. The second-order valence-electron chi connectivity index (χ2n) is 9.45. The summed E-state index contributed by atoms with van der Waals surface area (Å²) in [5.74, 6) is -1.96. The normalized spacial score (nSPS) is 11.1. The molecule has 0 bridgehead atoms. The molecular weight excluding hydrogens is 490 g/mol. The number of rotatable bonds is 11. The van der Waals surface area contributed by atoms with Gasteiger partial charge in [-0.05, 0) is 77.9 Å². The van der Waals surface area contributed by atoms with Crippen LogP contribution in [0.2, 0.25) is 0 Å². The highest BCUT2D eigenvalue weighted by atomic mass is 19.1. The van der Waals surface area contributed by atoms with E-state index in [-0.39, 0.29) is 24.5 Å². The largest absolute Gasteiger partial charge is 0.493 e. The fourth-order valence-electron chi connectivity index (χ4n) is 4.53. The van der Waals surface area contributed by atoms with Crippen LogP contribution in [0, 0.1) is 34.6 Å². The van der Waals surface area contributed by atoms with Gasteiger partial charge in [0, 0.05) is 11.5 Å². The molecule has 0 unspecified atom stereocenters. The fourth-order valence-corrected chi connectivity index (χ4v) is 4.53. The molecule has 0 aliphatic carbocycles. The Labute approximate surface area is 220 Å². The second kappa shape index (κ2) is 12.6. The van der Waals surface area contributed by atoms with E-state index in [2.05, 4.69) is 6.92 Å². The number of nitrogens with zero attached hydrogens (tertiary/aromatic N) is 1. The Balaban J connectivity index is 1.40. The molecule has 0 spiro atoms. The quantitative estimate of drug-likeness (QED) is 0.147. The van der Waals surface area contributed by atoms with Crippen LogP contribution in [0.25, 0.3) is 10.8 Å². The van der Waals surface area contributed by atoms with Crippen molar-refractivity contribution < 1.29 is 22.3 Å². The lowest BCUT2D eigenvalue weighted by atomic mass is 9.97. The predicted molar refractivity (Wildman–Crippen MR) is 141 cm³/mol. The molecule has 38 heavy (non-hydrogen) atoms. The Morgan fingerprint density at radius 3 is 2.13 bits per heavy atom. The summed E-state index contributed by atoms with van der Waals surface area (Å²) >= 11 is 0. The molecule has 4 rings (SSSR count). The molecule has 0 amide bonds. The lowest BCUT2D eigenvalue weighted by Gasteiger charge is -2.10. The van der Waals surface area contributed by atoms with Gasteiger partial charge in [0.15, 0.2) is 0 Å². The highest BCUT2D eigenvalue weighted by Crippen LogP contribution is 2.26. The third-order valence-electron chi connectivity index (χ3n) is 6.72. The molecule has 0 fully saturated rings. The van der Waals surface area contributed by atoms with Crippen molar-refractivity contribution in [1.29, 1.82) is 5.26 Å². The van der Waals surface area contributed by atoms with Gasteiger partial charge in [-0.3, -0.25) is 0 Å². The van der Waals surface area contributed by atoms with Gasteiger partial charge in [-0.2, -0.15) is 5.26 Å². The molecule has 2 nitrogen and oxygen atoms in total. The number of ether oxygens (including phenoxy) is 1. The molecule has 0 radical (unpaired) electrons. The summed E-state index contributed by atoms with van der Waals surface area (Å²) in [6.45, 7) is 2.70. The third kappa shape index (κ3) is 6.52. The van der Waals surface area contributed by atoms with E-state index in [1.54, 1.807) is 24.3 Å². The average molecular weight is 520 g/mol. The molecule has 4 aromatic rings. The summed E-state index contributed by atoms with van der Waals surface area (Å²) in [5.41, 5.74) is 1.75. The van der Waals surface area contributed by atoms with Crippen LogP contribution in [0.3, 0.4) is 0 Å². The Bertz CT molecular complexity index is 1450. The number of nitriles is 1. The Hall–Kier alpha value is -3.85. The van der Waals surface area contributed by atoms with Gasteiger partial charge in [-0.15, -0.1) is 0 Å². The molecule has 0 heterocycles. The summed E-state index contributed by atoms with van der Waals surface area (Å²) in [4.78, 5) is 0. The topological polar surface area (TPSA) is 33.0 Å². The van der Waals surface area contributed by atoms with Crippen molar-refractivity contribution in [3.8, 4) is 11.8 Å². The van der Waals surface area contributed by atoms with E-state index in [0.29, 0.717) is 47.3 Å². The second-order valence-corrected chi connectivity index (χ2v) is 9.45. The maximum Gasteiger partial charge on any atom is 0.144 e. The van der Waals surface area contributed by atoms with Crippen molar-refractivity contribution in [3.05, 3.63) is 112 Å². The standard InChI is InChI=1S/C32H29F4NO/c1-2-3-4-15-38-26-13-12-23(29(33)19-26)8-5-21-7-14-27-25(16-21)11-10-24(32(27)36)9-6-22-17-30(34)28(20-37)31(35)18-22/h7,10-14,16-19H,2-6,8-9,15H2,1H3. The predicted octanol–water partition coefficient (Wildman–Crippen LogP) is 8.41. The van der Waals surface area contributed by atoms with Crippen molar-refractivity contribution in [2.75, 3.05) is 6.61 Å². The number of halogens is 4. The van der Waals surface area contributed by atoms with E-state index in [4.69, 9.17) is 10.00 Å². The number of unbranched alkanes of at least 4 members (excludes halogenated alkanes) is 2. The molecule has 0 saturated carbocycles. The number of benzene rings is 4. The van der Waals surface area contributed by atoms with Crippen molar-refractivity contribution in [1.82, 2.24) is 0 Å². The van der Waals surface area contributed by atoms with E-state index in [1.807, 2.05) is 18.2 Å². The van der Waals surface area contributed by atoms with Gasteiger partial charge in [-0.25, -0.2) is 17.6 Å². The number of hydrogen-bond acceptors (Lipinski definition) is 2. The summed E-state index contributed by atoms with van der Waals surface area (Å²) in [6, 6.07) is 17.7. The van der Waals surface area contributed by atoms with Crippen LogP contribution in [-0.4, -0.2) is 6.61 Å². The molecule has 4 aromatic carbocycles. The lowest BCUT2D eigenvalue weighted by molar-refractivity contribution is 0.304.